The molecule has 1 aliphatic rings. The van der Waals surface area contributed by atoms with Crippen molar-refractivity contribution in [2.45, 2.75) is 5.41 Å². The highest BCUT2D eigenvalue weighted by Crippen LogP contribution is 2.52. The second kappa shape index (κ2) is 6.71. The average molecular weight is 421 g/mol. The van der Waals surface area contributed by atoms with E-state index in [0.717, 1.165) is 27.8 Å². The first-order valence-corrected chi connectivity index (χ1v) is 9.33. The summed E-state index contributed by atoms with van der Waals surface area (Å²) in [6, 6.07) is 22.8. The van der Waals surface area contributed by atoms with E-state index in [1.807, 2.05) is 60.7 Å². The summed E-state index contributed by atoms with van der Waals surface area (Å²) in [6.45, 7) is 0. The Morgan fingerprint density at radius 1 is 1.00 bits per heavy atom. The number of ether oxygens (including phenoxy) is 1. The number of esters is 1. The summed E-state index contributed by atoms with van der Waals surface area (Å²) in [4.78, 5) is 13.3. The van der Waals surface area contributed by atoms with Gasteiger partial charge in [-0.05, 0) is 62.0 Å². The molecule has 0 saturated heterocycles. The van der Waals surface area contributed by atoms with Gasteiger partial charge in [-0.25, -0.2) is 0 Å². The summed E-state index contributed by atoms with van der Waals surface area (Å²) >= 11 is 3.38. The van der Waals surface area contributed by atoms with Crippen LogP contribution in [0.4, 0.5) is 0 Å². The molecule has 0 spiro atoms. The number of benzene rings is 3. The largest absolute Gasteiger partial charge is 0.507 e. The monoisotopic (exact) mass is 420 g/mol. The first-order chi connectivity index (χ1) is 13.1. The van der Waals surface area contributed by atoms with E-state index in [2.05, 4.69) is 15.9 Å². The molecule has 1 aliphatic carbocycles. The molecule has 0 saturated carbocycles. The van der Waals surface area contributed by atoms with Crippen molar-refractivity contribution in [3.8, 4) is 5.75 Å². The summed E-state index contributed by atoms with van der Waals surface area (Å²) in [5.74, 6) is -0.240. The summed E-state index contributed by atoms with van der Waals surface area (Å²) in [5.41, 5.74) is 3.28. The van der Waals surface area contributed by atoms with Crippen molar-refractivity contribution in [2.75, 3.05) is 7.11 Å². The van der Waals surface area contributed by atoms with Gasteiger partial charge in [0.2, 0.25) is 0 Å². The number of rotatable bonds is 3. The molecule has 0 amide bonds. The molecule has 0 aliphatic heterocycles. The third-order valence-electron chi connectivity index (χ3n) is 5.03. The standard InChI is InChI=1S/C23H17BrO3/c1-27-22(26)23(17-11-12-21(25)20(24)14-17)18-10-6-5-9-16(18)13-19(23)15-7-3-2-4-8-15/h2-14,25H,1H3. The van der Waals surface area contributed by atoms with E-state index >= 15 is 0 Å². The van der Waals surface area contributed by atoms with E-state index in [4.69, 9.17) is 4.74 Å². The Bertz CT molecular complexity index is 1060. The molecule has 0 fully saturated rings. The van der Waals surface area contributed by atoms with Crippen molar-refractivity contribution in [3.05, 3.63) is 99.5 Å². The van der Waals surface area contributed by atoms with E-state index in [9.17, 15) is 9.90 Å². The van der Waals surface area contributed by atoms with Gasteiger partial charge < -0.3 is 9.84 Å². The van der Waals surface area contributed by atoms with E-state index in [1.165, 1.54) is 7.11 Å². The molecular formula is C23H17BrO3. The Balaban J connectivity index is 2.09. The van der Waals surface area contributed by atoms with Crippen molar-refractivity contribution >= 4 is 33.5 Å². The molecule has 27 heavy (non-hydrogen) atoms. The zero-order valence-electron chi connectivity index (χ0n) is 14.6. The Hall–Kier alpha value is -2.85. The zero-order valence-corrected chi connectivity index (χ0v) is 16.2. The van der Waals surface area contributed by atoms with Gasteiger partial charge in [-0.15, -0.1) is 0 Å². The number of hydrogen-bond donors (Lipinski definition) is 1. The van der Waals surface area contributed by atoms with Gasteiger partial charge in [0.25, 0.3) is 0 Å². The molecule has 1 atom stereocenters. The van der Waals surface area contributed by atoms with Crippen LogP contribution in [0.1, 0.15) is 22.3 Å². The second-order valence-corrected chi connectivity index (χ2v) is 7.27. The smallest absolute Gasteiger partial charge is 0.325 e. The van der Waals surface area contributed by atoms with Gasteiger partial charge in [-0.1, -0.05) is 60.7 Å². The van der Waals surface area contributed by atoms with Crippen LogP contribution in [0.3, 0.4) is 0 Å². The molecule has 0 radical (unpaired) electrons. The van der Waals surface area contributed by atoms with Crippen molar-refractivity contribution in [1.82, 2.24) is 0 Å². The lowest BCUT2D eigenvalue weighted by Crippen LogP contribution is -2.38. The van der Waals surface area contributed by atoms with Crippen LogP contribution in [0.15, 0.2) is 77.3 Å². The number of methoxy groups -OCH3 is 1. The highest BCUT2D eigenvalue weighted by Gasteiger charge is 2.51. The van der Waals surface area contributed by atoms with Crippen molar-refractivity contribution in [1.29, 1.82) is 0 Å². The maximum Gasteiger partial charge on any atom is 0.325 e. The number of phenolic OH excluding ortho intramolecular Hbond substituents is 1. The molecule has 4 rings (SSSR count). The highest BCUT2D eigenvalue weighted by atomic mass is 79.9. The summed E-state index contributed by atoms with van der Waals surface area (Å²) in [7, 11) is 1.41. The lowest BCUT2D eigenvalue weighted by Gasteiger charge is -2.32. The number of carbonyl (C=O) groups is 1. The molecule has 0 bridgehead atoms. The number of fused-ring (bicyclic) bond motifs is 1. The predicted octanol–water partition coefficient (Wildman–Crippen LogP) is 5.17. The van der Waals surface area contributed by atoms with Crippen LogP contribution >= 0.6 is 15.9 Å². The van der Waals surface area contributed by atoms with Crippen LogP contribution in [0.2, 0.25) is 0 Å². The molecule has 1 unspecified atom stereocenters. The maximum absolute atomic E-state index is 13.3. The van der Waals surface area contributed by atoms with E-state index < -0.39 is 5.41 Å². The van der Waals surface area contributed by atoms with E-state index in [0.29, 0.717) is 4.47 Å². The average Bonchev–Trinajstić information content (AvgIpc) is 3.06. The molecule has 134 valence electrons. The van der Waals surface area contributed by atoms with Gasteiger partial charge in [-0.3, -0.25) is 4.79 Å². The Morgan fingerprint density at radius 3 is 2.41 bits per heavy atom. The topological polar surface area (TPSA) is 46.5 Å². The normalized spacial score (nSPS) is 17.9. The molecule has 3 nitrogen and oxygen atoms in total. The minimum Gasteiger partial charge on any atom is -0.507 e. The summed E-state index contributed by atoms with van der Waals surface area (Å²) in [6.07, 6.45) is 2.04. The fraction of sp³-hybridized carbons (Fsp3) is 0.0870. The van der Waals surface area contributed by atoms with Crippen LogP contribution in [0, 0.1) is 0 Å². The SMILES string of the molecule is COC(=O)C1(c2ccc(O)c(Br)c2)C(c2ccccc2)=Cc2ccccc21. The number of carbonyl (C=O) groups excluding carboxylic acids is 1. The fourth-order valence-electron chi connectivity index (χ4n) is 3.83. The summed E-state index contributed by atoms with van der Waals surface area (Å²) in [5, 5.41) is 9.97. The number of phenols is 1. The number of aromatic hydroxyl groups is 1. The van der Waals surface area contributed by atoms with Crippen molar-refractivity contribution in [2.24, 2.45) is 0 Å². The van der Waals surface area contributed by atoms with Gasteiger partial charge in [0.05, 0.1) is 11.6 Å². The molecule has 3 aromatic rings. The van der Waals surface area contributed by atoms with Crippen molar-refractivity contribution < 1.29 is 14.6 Å². The van der Waals surface area contributed by atoms with Gasteiger partial charge in [0.1, 0.15) is 11.2 Å². The highest BCUT2D eigenvalue weighted by molar-refractivity contribution is 9.10. The van der Waals surface area contributed by atoms with Gasteiger partial charge in [-0.2, -0.15) is 0 Å². The molecule has 1 N–H and O–H groups in total. The third kappa shape index (κ3) is 2.60. The first-order valence-electron chi connectivity index (χ1n) is 8.53. The maximum atomic E-state index is 13.3. The van der Waals surface area contributed by atoms with Crippen LogP contribution < -0.4 is 0 Å². The van der Waals surface area contributed by atoms with Crippen molar-refractivity contribution in [3.63, 3.8) is 0 Å². The molecule has 0 heterocycles. The summed E-state index contributed by atoms with van der Waals surface area (Å²) < 4.78 is 5.84. The molecule has 4 heteroatoms. The molecule has 0 aromatic heterocycles. The Morgan fingerprint density at radius 2 is 1.70 bits per heavy atom. The van der Waals surface area contributed by atoms with Crippen LogP contribution in [0.5, 0.6) is 5.75 Å². The number of hydrogen-bond acceptors (Lipinski definition) is 3. The zero-order chi connectivity index (χ0) is 19.0. The van der Waals surface area contributed by atoms with Gasteiger partial charge >= 0.3 is 5.97 Å². The van der Waals surface area contributed by atoms with Crippen LogP contribution in [0.25, 0.3) is 11.6 Å². The third-order valence-corrected chi connectivity index (χ3v) is 5.66. The second-order valence-electron chi connectivity index (χ2n) is 6.42. The first kappa shape index (κ1) is 17.6. The Labute approximate surface area is 166 Å². The molecular weight excluding hydrogens is 404 g/mol. The quantitative estimate of drug-likeness (QED) is 0.594. The molecule has 3 aromatic carbocycles. The van der Waals surface area contributed by atoms with E-state index in [-0.39, 0.29) is 11.7 Å². The lowest BCUT2D eigenvalue weighted by atomic mass is 9.69. The minimum atomic E-state index is -1.11. The predicted molar refractivity (Wildman–Crippen MR) is 109 cm³/mol. The fourth-order valence-corrected chi connectivity index (χ4v) is 4.21. The Kier molecular flexibility index (Phi) is 4.36. The lowest BCUT2D eigenvalue weighted by molar-refractivity contribution is -0.143. The van der Waals surface area contributed by atoms with Crippen LogP contribution in [-0.4, -0.2) is 18.2 Å². The van der Waals surface area contributed by atoms with Crippen LogP contribution in [-0.2, 0) is 14.9 Å². The van der Waals surface area contributed by atoms with Gasteiger partial charge in [0.15, 0.2) is 0 Å². The van der Waals surface area contributed by atoms with Gasteiger partial charge in [0, 0.05) is 0 Å². The number of halogens is 1. The minimum absolute atomic E-state index is 0.121. The van der Waals surface area contributed by atoms with E-state index in [1.54, 1.807) is 18.2 Å².